The van der Waals surface area contributed by atoms with E-state index in [0.29, 0.717) is 12.6 Å². The fraction of sp³-hybridized carbons (Fsp3) is 0.667. The van der Waals surface area contributed by atoms with E-state index in [9.17, 15) is 0 Å². The molecule has 0 unspecified atom stereocenters. The topological polar surface area (TPSA) is 27.7 Å². The Morgan fingerprint density at radius 1 is 1.44 bits per heavy atom. The predicted octanol–water partition coefficient (Wildman–Crippen LogP) is 1.11. The van der Waals surface area contributed by atoms with Crippen molar-refractivity contribution in [2.45, 2.75) is 6.92 Å². The van der Waals surface area contributed by atoms with Crippen LogP contribution in [-0.4, -0.2) is 20.8 Å². The monoisotopic (exact) mass is 132 g/mol. The number of ether oxygens (including phenoxy) is 3. The summed E-state index contributed by atoms with van der Waals surface area (Å²) in [5.41, 5.74) is 0. The lowest BCUT2D eigenvalue weighted by atomic mass is 10.8. The van der Waals surface area contributed by atoms with Crippen LogP contribution >= 0.6 is 0 Å². The number of hydrogen-bond acceptors (Lipinski definition) is 3. The number of rotatable bonds is 4. The van der Waals surface area contributed by atoms with Gasteiger partial charge in [0, 0.05) is 0 Å². The average molecular weight is 132 g/mol. The van der Waals surface area contributed by atoms with E-state index in [0.717, 1.165) is 0 Å². The zero-order chi connectivity index (χ0) is 7.11. The van der Waals surface area contributed by atoms with Gasteiger partial charge in [-0.15, -0.1) is 0 Å². The first-order chi connectivity index (χ1) is 4.35. The van der Waals surface area contributed by atoms with E-state index in [1.807, 2.05) is 6.92 Å². The molecule has 3 heteroatoms. The van der Waals surface area contributed by atoms with Crippen LogP contribution in [0.3, 0.4) is 0 Å². The smallest absolute Gasteiger partial charge is 0.315 e. The van der Waals surface area contributed by atoms with Crippen LogP contribution in [0.4, 0.5) is 0 Å². The molecule has 0 saturated heterocycles. The van der Waals surface area contributed by atoms with Gasteiger partial charge in [0.25, 0.3) is 0 Å². The summed E-state index contributed by atoms with van der Waals surface area (Å²) in [5.74, 6) is 0.403. The van der Waals surface area contributed by atoms with E-state index >= 15 is 0 Å². The maximum atomic E-state index is 4.95. The number of methoxy groups -OCH3 is 2. The van der Waals surface area contributed by atoms with Crippen LogP contribution in [0.1, 0.15) is 6.92 Å². The van der Waals surface area contributed by atoms with Crippen LogP contribution < -0.4 is 0 Å². The molecule has 0 aliphatic heterocycles. The largest absolute Gasteiger partial charge is 0.497 e. The van der Waals surface area contributed by atoms with Gasteiger partial charge in [-0.1, -0.05) is 0 Å². The van der Waals surface area contributed by atoms with Crippen LogP contribution in [-0.2, 0) is 14.2 Å². The van der Waals surface area contributed by atoms with Crippen molar-refractivity contribution in [3.05, 3.63) is 12.2 Å². The van der Waals surface area contributed by atoms with Crippen molar-refractivity contribution >= 4 is 0 Å². The van der Waals surface area contributed by atoms with Gasteiger partial charge in [-0.3, -0.25) is 0 Å². The Balaban J connectivity index is 3.53. The Labute approximate surface area is 55.2 Å². The molecule has 0 spiro atoms. The third-order valence-electron chi connectivity index (χ3n) is 0.702. The van der Waals surface area contributed by atoms with E-state index in [2.05, 4.69) is 4.74 Å². The van der Waals surface area contributed by atoms with Gasteiger partial charge in [-0.2, -0.15) is 0 Å². The normalized spacial score (nSPS) is 10.8. The van der Waals surface area contributed by atoms with E-state index in [1.54, 1.807) is 0 Å². The molecule has 0 radical (unpaired) electrons. The molecule has 0 aromatic carbocycles. The standard InChI is InChI=1S/C6H12O3/c1-4-9-6(8-3)5-7-2/h5H,4H2,1-3H3. The van der Waals surface area contributed by atoms with Gasteiger partial charge in [0.2, 0.25) is 0 Å². The SMILES string of the molecule is CCOC(=COC)OC. The Kier molecular flexibility index (Phi) is 4.78. The molecule has 9 heavy (non-hydrogen) atoms. The van der Waals surface area contributed by atoms with Gasteiger partial charge in [-0.05, 0) is 6.92 Å². The summed E-state index contributed by atoms with van der Waals surface area (Å²) in [5, 5.41) is 0. The van der Waals surface area contributed by atoms with Gasteiger partial charge in [0.15, 0.2) is 6.26 Å². The molecule has 0 aromatic rings. The van der Waals surface area contributed by atoms with Crippen molar-refractivity contribution in [3.8, 4) is 0 Å². The predicted molar refractivity (Wildman–Crippen MR) is 33.7 cm³/mol. The highest BCUT2D eigenvalue weighted by Gasteiger charge is 1.91. The van der Waals surface area contributed by atoms with Gasteiger partial charge >= 0.3 is 5.95 Å². The van der Waals surface area contributed by atoms with Gasteiger partial charge < -0.3 is 14.2 Å². The highest BCUT2D eigenvalue weighted by Crippen LogP contribution is 1.95. The summed E-state index contributed by atoms with van der Waals surface area (Å²) in [7, 11) is 3.07. The molecule has 0 heterocycles. The fourth-order valence-corrected chi connectivity index (χ4v) is 0.380. The van der Waals surface area contributed by atoms with Crippen LogP contribution in [0.5, 0.6) is 0 Å². The summed E-state index contributed by atoms with van der Waals surface area (Å²) in [6.07, 6.45) is 1.41. The molecule has 0 atom stereocenters. The summed E-state index contributed by atoms with van der Waals surface area (Å²) >= 11 is 0. The molecule has 54 valence electrons. The third kappa shape index (κ3) is 3.70. The lowest BCUT2D eigenvalue weighted by Crippen LogP contribution is -1.93. The average Bonchev–Trinajstić information content (AvgIpc) is 1.88. The van der Waals surface area contributed by atoms with Crippen LogP contribution in [0.25, 0.3) is 0 Å². The Bertz CT molecular complexity index is 88.3. The molecule has 0 N–H and O–H groups in total. The minimum absolute atomic E-state index is 0.403. The first-order valence-corrected chi connectivity index (χ1v) is 2.74. The third-order valence-corrected chi connectivity index (χ3v) is 0.702. The molecule has 3 nitrogen and oxygen atoms in total. The molecule has 0 rings (SSSR count). The molecule has 0 aliphatic rings. The summed E-state index contributed by atoms with van der Waals surface area (Å²) in [6, 6.07) is 0. The van der Waals surface area contributed by atoms with Gasteiger partial charge in [0.05, 0.1) is 20.8 Å². The van der Waals surface area contributed by atoms with Crippen molar-refractivity contribution in [2.75, 3.05) is 20.8 Å². The quantitative estimate of drug-likeness (QED) is 0.536. The highest BCUT2D eigenvalue weighted by atomic mass is 16.7. The highest BCUT2D eigenvalue weighted by molar-refractivity contribution is 4.73. The Hall–Kier alpha value is -0.860. The van der Waals surface area contributed by atoms with Crippen molar-refractivity contribution in [3.63, 3.8) is 0 Å². The lowest BCUT2D eigenvalue weighted by Gasteiger charge is -2.04. The van der Waals surface area contributed by atoms with Crippen LogP contribution in [0.15, 0.2) is 12.2 Å². The second kappa shape index (κ2) is 5.28. The maximum absolute atomic E-state index is 4.95. The molecule has 0 bridgehead atoms. The van der Waals surface area contributed by atoms with Crippen molar-refractivity contribution in [2.24, 2.45) is 0 Å². The summed E-state index contributed by atoms with van der Waals surface area (Å²) in [6.45, 7) is 2.46. The molecule has 0 saturated carbocycles. The van der Waals surface area contributed by atoms with Gasteiger partial charge in [-0.25, -0.2) is 0 Å². The number of hydrogen-bond donors (Lipinski definition) is 0. The maximum Gasteiger partial charge on any atom is 0.315 e. The molecular weight excluding hydrogens is 120 g/mol. The van der Waals surface area contributed by atoms with E-state index < -0.39 is 0 Å². The van der Waals surface area contributed by atoms with E-state index in [1.165, 1.54) is 20.5 Å². The molecule has 0 aromatic heterocycles. The van der Waals surface area contributed by atoms with Crippen molar-refractivity contribution in [1.29, 1.82) is 0 Å². The minimum Gasteiger partial charge on any atom is -0.497 e. The van der Waals surface area contributed by atoms with Gasteiger partial charge in [0.1, 0.15) is 0 Å². The van der Waals surface area contributed by atoms with Crippen LogP contribution in [0.2, 0.25) is 0 Å². The van der Waals surface area contributed by atoms with Crippen molar-refractivity contribution in [1.82, 2.24) is 0 Å². The first kappa shape index (κ1) is 8.14. The fourth-order valence-electron chi connectivity index (χ4n) is 0.380. The molecule has 0 fully saturated rings. The van der Waals surface area contributed by atoms with Crippen molar-refractivity contribution < 1.29 is 14.2 Å². The zero-order valence-corrected chi connectivity index (χ0v) is 6.01. The van der Waals surface area contributed by atoms with Crippen LogP contribution in [0, 0.1) is 0 Å². The summed E-state index contributed by atoms with van der Waals surface area (Å²) < 4.78 is 14.3. The lowest BCUT2D eigenvalue weighted by molar-refractivity contribution is 0.0556. The zero-order valence-electron chi connectivity index (χ0n) is 6.01. The molecule has 0 aliphatic carbocycles. The Morgan fingerprint density at radius 3 is 2.44 bits per heavy atom. The van der Waals surface area contributed by atoms with E-state index in [4.69, 9.17) is 9.47 Å². The second-order valence-electron chi connectivity index (χ2n) is 1.31. The molecular formula is C6H12O3. The molecule has 0 amide bonds. The minimum atomic E-state index is 0.403. The Morgan fingerprint density at radius 2 is 2.11 bits per heavy atom. The van der Waals surface area contributed by atoms with E-state index in [-0.39, 0.29) is 0 Å². The first-order valence-electron chi connectivity index (χ1n) is 2.74. The second-order valence-corrected chi connectivity index (χ2v) is 1.31. The summed E-state index contributed by atoms with van der Waals surface area (Å²) in [4.78, 5) is 0.